The molecule has 0 fully saturated rings. The molecule has 2 heterocycles. The first kappa shape index (κ1) is 8.94. The third kappa shape index (κ3) is 1.41. The van der Waals surface area contributed by atoms with E-state index in [4.69, 9.17) is 0 Å². The Morgan fingerprint density at radius 2 is 2.43 bits per heavy atom. The summed E-state index contributed by atoms with van der Waals surface area (Å²) in [5, 5.41) is 0. The molecular weight excluding hydrogens is 176 g/mol. The second-order valence-corrected chi connectivity index (χ2v) is 3.29. The van der Waals surface area contributed by atoms with Crippen molar-refractivity contribution in [2.75, 3.05) is 0 Å². The van der Waals surface area contributed by atoms with Gasteiger partial charge >= 0.3 is 0 Å². The number of imidazole rings is 1. The summed E-state index contributed by atoms with van der Waals surface area (Å²) in [4.78, 5) is 15.1. The Bertz CT molecular complexity index is 459. The number of rotatable bonds is 3. The van der Waals surface area contributed by atoms with Crippen molar-refractivity contribution in [3.63, 3.8) is 0 Å². The molecule has 3 nitrogen and oxygen atoms in total. The van der Waals surface area contributed by atoms with Crippen LogP contribution >= 0.6 is 0 Å². The van der Waals surface area contributed by atoms with E-state index in [9.17, 15) is 4.79 Å². The maximum atomic E-state index is 10.7. The van der Waals surface area contributed by atoms with Crippen molar-refractivity contribution in [1.82, 2.24) is 9.38 Å². The molecule has 14 heavy (non-hydrogen) atoms. The fourth-order valence-corrected chi connectivity index (χ4v) is 1.55. The zero-order valence-corrected chi connectivity index (χ0v) is 8.10. The second kappa shape index (κ2) is 3.62. The molecule has 0 amide bonds. The first-order chi connectivity index (χ1) is 6.85. The van der Waals surface area contributed by atoms with Crippen molar-refractivity contribution in [1.29, 1.82) is 0 Å². The Balaban J connectivity index is 2.58. The van der Waals surface area contributed by atoms with E-state index < -0.39 is 0 Å². The first-order valence-corrected chi connectivity index (χ1v) is 4.77. The molecule has 0 radical (unpaired) electrons. The molecule has 0 aliphatic rings. The van der Waals surface area contributed by atoms with Crippen molar-refractivity contribution < 1.29 is 4.79 Å². The summed E-state index contributed by atoms with van der Waals surface area (Å²) in [6.07, 6.45) is 6.76. The number of fused-ring (bicyclic) bond motifs is 1. The predicted molar refractivity (Wildman–Crippen MR) is 54.6 cm³/mol. The van der Waals surface area contributed by atoms with E-state index in [-0.39, 0.29) is 0 Å². The van der Waals surface area contributed by atoms with E-state index in [2.05, 4.69) is 11.9 Å². The van der Waals surface area contributed by atoms with Gasteiger partial charge in [0.25, 0.3) is 0 Å². The van der Waals surface area contributed by atoms with Gasteiger partial charge in [-0.15, -0.1) is 0 Å². The molecule has 0 aliphatic carbocycles. The second-order valence-electron chi connectivity index (χ2n) is 3.29. The highest BCUT2D eigenvalue weighted by atomic mass is 16.1. The predicted octanol–water partition coefficient (Wildman–Crippen LogP) is 2.10. The van der Waals surface area contributed by atoms with E-state index in [1.807, 2.05) is 22.9 Å². The van der Waals surface area contributed by atoms with Gasteiger partial charge in [-0.1, -0.05) is 13.3 Å². The monoisotopic (exact) mass is 188 g/mol. The molecule has 0 saturated heterocycles. The quantitative estimate of drug-likeness (QED) is 0.691. The van der Waals surface area contributed by atoms with Crippen LogP contribution in [-0.2, 0) is 6.42 Å². The van der Waals surface area contributed by atoms with Gasteiger partial charge in [0.15, 0.2) is 6.29 Å². The number of aldehydes is 1. The lowest BCUT2D eigenvalue weighted by Gasteiger charge is -1.93. The summed E-state index contributed by atoms with van der Waals surface area (Å²) in [6.45, 7) is 2.12. The Morgan fingerprint density at radius 1 is 1.57 bits per heavy atom. The normalized spacial score (nSPS) is 10.6. The smallest absolute Gasteiger partial charge is 0.153 e. The summed E-state index contributed by atoms with van der Waals surface area (Å²) >= 11 is 0. The van der Waals surface area contributed by atoms with Crippen molar-refractivity contribution >= 4 is 11.9 Å². The number of hydrogen-bond donors (Lipinski definition) is 0. The van der Waals surface area contributed by atoms with Crippen LogP contribution in [0.15, 0.2) is 24.5 Å². The molecule has 3 heteroatoms. The highest BCUT2D eigenvalue weighted by Crippen LogP contribution is 2.10. The van der Waals surface area contributed by atoms with E-state index >= 15 is 0 Å². The van der Waals surface area contributed by atoms with Gasteiger partial charge in [0.1, 0.15) is 5.65 Å². The van der Waals surface area contributed by atoms with Crippen LogP contribution in [0.4, 0.5) is 0 Å². The summed E-state index contributed by atoms with van der Waals surface area (Å²) in [5.41, 5.74) is 2.45. The largest absolute Gasteiger partial charge is 0.306 e. The van der Waals surface area contributed by atoms with Crippen LogP contribution in [0.25, 0.3) is 5.65 Å². The van der Waals surface area contributed by atoms with Crippen LogP contribution in [-0.4, -0.2) is 15.7 Å². The SMILES string of the molecule is CCCc1cn2cccc(C=O)c2n1. The van der Waals surface area contributed by atoms with E-state index in [1.165, 1.54) is 0 Å². The minimum absolute atomic E-state index is 0.648. The molecule has 72 valence electrons. The standard InChI is InChI=1S/C11H12N2O/c1-2-4-10-7-13-6-3-5-9(8-14)11(13)12-10/h3,5-8H,2,4H2,1H3. The number of aromatic nitrogens is 2. The van der Waals surface area contributed by atoms with Crippen molar-refractivity contribution in [3.8, 4) is 0 Å². The van der Waals surface area contributed by atoms with E-state index in [0.717, 1.165) is 30.5 Å². The minimum Gasteiger partial charge on any atom is -0.306 e. The number of pyridine rings is 1. The van der Waals surface area contributed by atoms with Crippen molar-refractivity contribution in [2.45, 2.75) is 19.8 Å². The van der Waals surface area contributed by atoms with Crippen LogP contribution in [0.1, 0.15) is 29.4 Å². The molecule has 2 rings (SSSR count). The Morgan fingerprint density at radius 3 is 3.14 bits per heavy atom. The number of hydrogen-bond acceptors (Lipinski definition) is 2. The fraction of sp³-hybridized carbons (Fsp3) is 0.273. The van der Waals surface area contributed by atoms with Gasteiger partial charge in [-0.25, -0.2) is 4.98 Å². The van der Waals surface area contributed by atoms with Gasteiger partial charge in [0.05, 0.1) is 11.3 Å². The van der Waals surface area contributed by atoms with Gasteiger partial charge in [-0.05, 0) is 18.6 Å². The van der Waals surface area contributed by atoms with Gasteiger partial charge in [0.2, 0.25) is 0 Å². The lowest BCUT2D eigenvalue weighted by atomic mass is 10.3. The fourth-order valence-electron chi connectivity index (χ4n) is 1.55. The molecule has 0 aliphatic heterocycles. The van der Waals surface area contributed by atoms with Crippen LogP contribution < -0.4 is 0 Å². The zero-order chi connectivity index (χ0) is 9.97. The molecule has 0 unspecified atom stereocenters. The van der Waals surface area contributed by atoms with E-state index in [1.54, 1.807) is 6.07 Å². The summed E-state index contributed by atoms with van der Waals surface area (Å²) in [7, 11) is 0. The summed E-state index contributed by atoms with van der Waals surface area (Å²) < 4.78 is 1.90. The molecule has 0 aromatic carbocycles. The Hall–Kier alpha value is -1.64. The van der Waals surface area contributed by atoms with Gasteiger partial charge in [0, 0.05) is 12.4 Å². The van der Waals surface area contributed by atoms with Gasteiger partial charge < -0.3 is 4.40 Å². The van der Waals surface area contributed by atoms with Crippen LogP contribution in [0, 0.1) is 0 Å². The van der Waals surface area contributed by atoms with Crippen LogP contribution in [0.2, 0.25) is 0 Å². The lowest BCUT2D eigenvalue weighted by molar-refractivity contribution is 0.112. The lowest BCUT2D eigenvalue weighted by Crippen LogP contribution is -1.88. The maximum Gasteiger partial charge on any atom is 0.153 e. The molecule has 0 saturated carbocycles. The number of nitrogens with zero attached hydrogens (tertiary/aromatic N) is 2. The third-order valence-electron chi connectivity index (χ3n) is 2.20. The van der Waals surface area contributed by atoms with E-state index in [0.29, 0.717) is 5.56 Å². The first-order valence-electron chi connectivity index (χ1n) is 4.77. The van der Waals surface area contributed by atoms with Gasteiger partial charge in [-0.2, -0.15) is 0 Å². The maximum absolute atomic E-state index is 10.7. The molecule has 2 aromatic heterocycles. The summed E-state index contributed by atoms with van der Waals surface area (Å²) in [6, 6.07) is 3.64. The molecule has 0 N–H and O–H groups in total. The summed E-state index contributed by atoms with van der Waals surface area (Å²) in [5.74, 6) is 0. The average Bonchev–Trinajstić information content (AvgIpc) is 2.60. The Labute approximate surface area is 82.4 Å². The minimum atomic E-state index is 0.648. The van der Waals surface area contributed by atoms with Crippen molar-refractivity contribution in [2.24, 2.45) is 0 Å². The topological polar surface area (TPSA) is 34.4 Å². The number of carbonyl (C=O) groups excluding carboxylic acids is 1. The molecule has 0 bridgehead atoms. The highest BCUT2D eigenvalue weighted by molar-refractivity contribution is 5.83. The average molecular weight is 188 g/mol. The van der Waals surface area contributed by atoms with Crippen LogP contribution in [0.5, 0.6) is 0 Å². The Kier molecular flexibility index (Phi) is 2.31. The molecular formula is C11H12N2O. The third-order valence-corrected chi connectivity index (χ3v) is 2.20. The number of carbonyl (C=O) groups is 1. The highest BCUT2D eigenvalue weighted by Gasteiger charge is 2.04. The van der Waals surface area contributed by atoms with Gasteiger partial charge in [-0.3, -0.25) is 4.79 Å². The molecule has 2 aromatic rings. The van der Waals surface area contributed by atoms with Crippen molar-refractivity contribution in [3.05, 3.63) is 35.8 Å². The molecule has 0 atom stereocenters. The molecule has 0 spiro atoms. The van der Waals surface area contributed by atoms with Crippen LogP contribution in [0.3, 0.4) is 0 Å². The zero-order valence-electron chi connectivity index (χ0n) is 8.10. The number of aryl methyl sites for hydroxylation is 1.